The quantitative estimate of drug-likeness (QED) is 0.519. The highest BCUT2D eigenvalue weighted by atomic mass is 15.5. The molecule has 0 spiro atoms. The van der Waals surface area contributed by atoms with E-state index in [0.29, 0.717) is 0 Å². The van der Waals surface area contributed by atoms with Crippen molar-refractivity contribution in [1.82, 2.24) is 5.01 Å². The smallest absolute Gasteiger partial charge is 0.0363 e. The Morgan fingerprint density at radius 2 is 2.44 bits per heavy atom. The predicted molar refractivity (Wildman–Crippen MR) is 39.6 cm³/mol. The zero-order chi connectivity index (χ0) is 6.69. The molecular weight excluding hydrogens is 112 g/mol. The highest BCUT2D eigenvalue weighted by Crippen LogP contribution is 2.05. The van der Waals surface area contributed by atoms with Gasteiger partial charge in [0.15, 0.2) is 0 Å². The van der Waals surface area contributed by atoms with Crippen LogP contribution in [0.3, 0.4) is 0 Å². The van der Waals surface area contributed by atoms with Crippen LogP contribution in [0.4, 0.5) is 0 Å². The minimum atomic E-state index is 1.05. The predicted octanol–water partition coefficient (Wildman–Crippen LogP) is 1.48. The van der Waals surface area contributed by atoms with E-state index in [1.165, 1.54) is 18.6 Å². The Labute approximate surface area is 56.5 Å². The molecule has 0 bridgehead atoms. The first kappa shape index (κ1) is 6.59. The zero-order valence-corrected chi connectivity index (χ0v) is 6.22. The summed E-state index contributed by atoms with van der Waals surface area (Å²) in [6.45, 7) is 6.44. The van der Waals surface area contributed by atoms with Crippen LogP contribution in [0.15, 0.2) is 5.10 Å². The van der Waals surface area contributed by atoms with Gasteiger partial charge in [-0.1, -0.05) is 0 Å². The molecule has 52 valence electrons. The minimum absolute atomic E-state index is 1.05. The van der Waals surface area contributed by atoms with Gasteiger partial charge in [0.2, 0.25) is 0 Å². The Bertz CT molecular complexity index is 118. The highest BCUT2D eigenvalue weighted by Gasteiger charge is 2.04. The molecule has 0 atom stereocenters. The normalized spacial score (nSPS) is 19.8. The molecule has 9 heavy (non-hydrogen) atoms. The van der Waals surface area contributed by atoms with Gasteiger partial charge in [0.05, 0.1) is 0 Å². The van der Waals surface area contributed by atoms with Gasteiger partial charge in [0.25, 0.3) is 0 Å². The van der Waals surface area contributed by atoms with Crippen LogP contribution in [0.25, 0.3) is 0 Å². The average Bonchev–Trinajstić information content (AvgIpc) is 1.88. The van der Waals surface area contributed by atoms with Crippen LogP contribution < -0.4 is 0 Å². The first-order valence-electron chi connectivity index (χ1n) is 3.62. The molecule has 2 nitrogen and oxygen atoms in total. The molecule has 1 rings (SSSR count). The van der Waals surface area contributed by atoms with Gasteiger partial charge in [-0.15, -0.1) is 0 Å². The molecule has 2 heteroatoms. The van der Waals surface area contributed by atoms with Crippen molar-refractivity contribution in [2.75, 3.05) is 13.1 Å². The van der Waals surface area contributed by atoms with Gasteiger partial charge in [0.1, 0.15) is 0 Å². The Morgan fingerprint density at radius 1 is 1.67 bits per heavy atom. The van der Waals surface area contributed by atoms with E-state index in [9.17, 15) is 0 Å². The standard InChI is InChI=1S/C7H14N2/c1-3-9-6-4-5-7(2)8-9/h3-6H2,1-2H3. The van der Waals surface area contributed by atoms with Crippen LogP contribution in [-0.4, -0.2) is 23.8 Å². The SMILES string of the molecule is CCN1CCCC(C)=N1. The number of rotatable bonds is 1. The fraction of sp³-hybridized carbons (Fsp3) is 0.857. The third-order valence-electron chi connectivity index (χ3n) is 1.63. The molecule has 1 heterocycles. The van der Waals surface area contributed by atoms with Gasteiger partial charge < -0.3 is 0 Å². The molecule has 0 saturated carbocycles. The summed E-state index contributed by atoms with van der Waals surface area (Å²) >= 11 is 0. The molecule has 0 aromatic rings. The topological polar surface area (TPSA) is 15.6 Å². The van der Waals surface area contributed by atoms with Gasteiger partial charge in [-0.3, -0.25) is 5.01 Å². The summed E-state index contributed by atoms with van der Waals surface area (Å²) in [5.74, 6) is 0. The number of hydrogen-bond acceptors (Lipinski definition) is 2. The lowest BCUT2D eigenvalue weighted by molar-refractivity contribution is 0.288. The summed E-state index contributed by atoms with van der Waals surface area (Å²) in [5.41, 5.74) is 1.28. The Hall–Kier alpha value is -0.530. The Morgan fingerprint density at radius 3 is 2.89 bits per heavy atom. The molecule has 0 unspecified atom stereocenters. The Kier molecular flexibility index (Phi) is 2.09. The molecule has 0 aliphatic carbocycles. The van der Waals surface area contributed by atoms with Crippen LogP contribution >= 0.6 is 0 Å². The second kappa shape index (κ2) is 2.85. The fourth-order valence-electron chi connectivity index (χ4n) is 1.09. The van der Waals surface area contributed by atoms with Crippen molar-refractivity contribution in [1.29, 1.82) is 0 Å². The summed E-state index contributed by atoms with van der Waals surface area (Å²) < 4.78 is 0. The summed E-state index contributed by atoms with van der Waals surface area (Å²) in [5, 5.41) is 6.47. The maximum atomic E-state index is 4.35. The van der Waals surface area contributed by atoms with Crippen molar-refractivity contribution < 1.29 is 0 Å². The van der Waals surface area contributed by atoms with Gasteiger partial charge in [-0.2, -0.15) is 5.10 Å². The van der Waals surface area contributed by atoms with Gasteiger partial charge in [0, 0.05) is 18.8 Å². The maximum Gasteiger partial charge on any atom is 0.0363 e. The van der Waals surface area contributed by atoms with E-state index in [1.807, 2.05) is 0 Å². The lowest BCUT2D eigenvalue weighted by Gasteiger charge is -2.22. The van der Waals surface area contributed by atoms with E-state index < -0.39 is 0 Å². The van der Waals surface area contributed by atoms with Crippen molar-refractivity contribution in [2.24, 2.45) is 5.10 Å². The number of nitrogens with zero attached hydrogens (tertiary/aromatic N) is 2. The average molecular weight is 126 g/mol. The minimum Gasteiger partial charge on any atom is -0.297 e. The largest absolute Gasteiger partial charge is 0.297 e. The third-order valence-corrected chi connectivity index (χ3v) is 1.63. The van der Waals surface area contributed by atoms with E-state index in [4.69, 9.17) is 0 Å². The van der Waals surface area contributed by atoms with Crippen molar-refractivity contribution in [3.8, 4) is 0 Å². The fourth-order valence-corrected chi connectivity index (χ4v) is 1.09. The van der Waals surface area contributed by atoms with Crippen LogP contribution in [0.5, 0.6) is 0 Å². The summed E-state index contributed by atoms with van der Waals surface area (Å²) in [7, 11) is 0. The van der Waals surface area contributed by atoms with E-state index in [2.05, 4.69) is 24.0 Å². The van der Waals surface area contributed by atoms with Crippen molar-refractivity contribution >= 4 is 5.71 Å². The lowest BCUT2D eigenvalue weighted by atomic mass is 10.2. The second-order valence-corrected chi connectivity index (χ2v) is 2.49. The summed E-state index contributed by atoms with van der Waals surface area (Å²) in [4.78, 5) is 0. The number of hydrazone groups is 1. The maximum absolute atomic E-state index is 4.35. The molecule has 0 fully saturated rings. The second-order valence-electron chi connectivity index (χ2n) is 2.49. The lowest BCUT2D eigenvalue weighted by Crippen LogP contribution is -2.24. The van der Waals surface area contributed by atoms with E-state index >= 15 is 0 Å². The molecule has 0 amide bonds. The molecule has 1 aliphatic rings. The van der Waals surface area contributed by atoms with Crippen LogP contribution in [0.2, 0.25) is 0 Å². The third kappa shape index (κ3) is 1.70. The van der Waals surface area contributed by atoms with E-state index in [-0.39, 0.29) is 0 Å². The first-order chi connectivity index (χ1) is 4.33. The molecule has 0 aromatic carbocycles. The number of hydrogen-bond donors (Lipinski definition) is 0. The van der Waals surface area contributed by atoms with Crippen molar-refractivity contribution in [3.63, 3.8) is 0 Å². The van der Waals surface area contributed by atoms with E-state index in [1.54, 1.807) is 0 Å². The summed E-state index contributed by atoms with van der Waals surface area (Å²) in [6.07, 6.45) is 2.47. The molecule has 0 aromatic heterocycles. The van der Waals surface area contributed by atoms with Crippen LogP contribution in [0.1, 0.15) is 26.7 Å². The van der Waals surface area contributed by atoms with Gasteiger partial charge in [-0.05, 0) is 26.7 Å². The summed E-state index contributed by atoms with van der Waals surface area (Å²) in [6, 6.07) is 0. The van der Waals surface area contributed by atoms with Crippen LogP contribution in [-0.2, 0) is 0 Å². The molecule has 0 radical (unpaired) electrons. The molecule has 0 N–H and O–H groups in total. The highest BCUT2D eigenvalue weighted by molar-refractivity contribution is 5.81. The molecule has 0 saturated heterocycles. The van der Waals surface area contributed by atoms with Gasteiger partial charge >= 0.3 is 0 Å². The van der Waals surface area contributed by atoms with Crippen molar-refractivity contribution in [3.05, 3.63) is 0 Å². The van der Waals surface area contributed by atoms with E-state index in [0.717, 1.165) is 13.1 Å². The monoisotopic (exact) mass is 126 g/mol. The first-order valence-corrected chi connectivity index (χ1v) is 3.62. The zero-order valence-electron chi connectivity index (χ0n) is 6.22. The molecule has 1 aliphatic heterocycles. The van der Waals surface area contributed by atoms with Crippen molar-refractivity contribution in [2.45, 2.75) is 26.7 Å². The van der Waals surface area contributed by atoms with Crippen LogP contribution in [0, 0.1) is 0 Å². The molecular formula is C7H14N2. The van der Waals surface area contributed by atoms with Gasteiger partial charge in [-0.25, -0.2) is 0 Å². The Balaban J connectivity index is 2.47.